The number of nitrogens with one attached hydrogen (secondary N) is 1. The van der Waals surface area contributed by atoms with E-state index in [1.54, 1.807) is 20.8 Å². The minimum Gasteiger partial charge on any atom is -0.478 e. The number of fused-ring (bicyclic) bond motifs is 1. The number of amides is 2. The van der Waals surface area contributed by atoms with Crippen molar-refractivity contribution in [3.05, 3.63) is 35.4 Å². The molecule has 0 aromatic heterocycles. The maximum absolute atomic E-state index is 12.8. The van der Waals surface area contributed by atoms with E-state index in [1.165, 1.54) is 47.9 Å². The van der Waals surface area contributed by atoms with Crippen molar-refractivity contribution in [1.82, 2.24) is 10.2 Å². The van der Waals surface area contributed by atoms with Crippen LogP contribution in [-0.2, 0) is 23.9 Å². The van der Waals surface area contributed by atoms with E-state index in [4.69, 9.17) is 9.47 Å². The zero-order chi connectivity index (χ0) is 23.8. The summed E-state index contributed by atoms with van der Waals surface area (Å²) in [7, 11) is 0. The van der Waals surface area contributed by atoms with Gasteiger partial charge < -0.3 is 24.8 Å². The lowest BCUT2D eigenvalue weighted by molar-refractivity contribution is -0.193. The highest BCUT2D eigenvalue weighted by Gasteiger charge is 2.60. The normalized spacial score (nSPS) is 24.6. The van der Waals surface area contributed by atoms with Crippen molar-refractivity contribution in [3.8, 4) is 0 Å². The van der Waals surface area contributed by atoms with Crippen molar-refractivity contribution in [3.63, 3.8) is 0 Å². The lowest BCUT2D eigenvalue weighted by Gasteiger charge is -2.53. The number of hydrogen-bond acceptors (Lipinski definition) is 8. The molecule has 0 aliphatic carbocycles. The molecule has 0 radical (unpaired) electrons. The quantitative estimate of drug-likeness (QED) is 0.483. The maximum Gasteiger partial charge on any atom is 0.353 e. The van der Waals surface area contributed by atoms with Gasteiger partial charge in [0.05, 0.1) is 17.7 Å². The first-order chi connectivity index (χ1) is 14.8. The molecule has 0 bridgehead atoms. The highest BCUT2D eigenvalue weighted by atomic mass is 32.2. The molecule has 11 heteroatoms. The van der Waals surface area contributed by atoms with Crippen LogP contribution in [0.3, 0.4) is 0 Å². The Bertz CT molecular complexity index is 988. The fourth-order valence-electron chi connectivity index (χ4n) is 3.51. The molecule has 1 aromatic carbocycles. The first-order valence-electron chi connectivity index (χ1n) is 9.83. The van der Waals surface area contributed by atoms with Crippen LogP contribution in [0.1, 0.15) is 48.4 Å². The summed E-state index contributed by atoms with van der Waals surface area (Å²) in [5.41, 5.74) is -2.71. The van der Waals surface area contributed by atoms with Gasteiger partial charge in [-0.1, -0.05) is 12.1 Å². The van der Waals surface area contributed by atoms with Crippen LogP contribution in [0.15, 0.2) is 24.3 Å². The van der Waals surface area contributed by atoms with Crippen molar-refractivity contribution in [2.24, 2.45) is 0 Å². The minimum atomic E-state index is -1.65. The van der Waals surface area contributed by atoms with Gasteiger partial charge >= 0.3 is 17.9 Å². The SMILES string of the molecule is CC(=O)OC1(C(=O)OC(C)(C)C)CS[C@@H]2C(NC(=O)c3ccccc3C(=O)O)C(=O)N2C1. The van der Waals surface area contributed by atoms with E-state index in [2.05, 4.69) is 5.32 Å². The Hall–Kier alpha value is -3.08. The molecule has 2 aliphatic rings. The van der Waals surface area contributed by atoms with Gasteiger partial charge in [-0.3, -0.25) is 14.4 Å². The van der Waals surface area contributed by atoms with E-state index >= 15 is 0 Å². The second-order valence-electron chi connectivity index (χ2n) is 8.56. The number of benzene rings is 1. The van der Waals surface area contributed by atoms with E-state index in [0.29, 0.717) is 0 Å². The number of β-lactam (4-membered cyclic amide) rings is 1. The third-order valence-electron chi connectivity index (χ3n) is 4.85. The van der Waals surface area contributed by atoms with E-state index in [-0.39, 0.29) is 23.4 Å². The molecule has 172 valence electrons. The van der Waals surface area contributed by atoms with Crippen LogP contribution in [0.5, 0.6) is 0 Å². The lowest BCUT2D eigenvalue weighted by Crippen LogP contribution is -2.75. The molecule has 2 heterocycles. The molecule has 3 atom stereocenters. The molecule has 3 rings (SSSR count). The van der Waals surface area contributed by atoms with Gasteiger partial charge in [0.1, 0.15) is 17.0 Å². The molecular weight excluding hydrogens is 440 g/mol. The zero-order valence-electron chi connectivity index (χ0n) is 18.0. The predicted octanol–water partition coefficient (Wildman–Crippen LogP) is 1.04. The Morgan fingerprint density at radius 1 is 1.19 bits per heavy atom. The van der Waals surface area contributed by atoms with Crippen LogP contribution in [-0.4, -0.2) is 74.6 Å². The van der Waals surface area contributed by atoms with E-state index in [9.17, 15) is 29.1 Å². The molecule has 2 unspecified atom stereocenters. The molecule has 0 spiro atoms. The summed E-state index contributed by atoms with van der Waals surface area (Å²) in [5.74, 6) is -3.81. The second-order valence-corrected chi connectivity index (χ2v) is 9.66. The number of carbonyl (C=O) groups is 5. The number of nitrogens with zero attached hydrogens (tertiary/aromatic N) is 1. The third kappa shape index (κ3) is 4.57. The molecule has 1 aromatic rings. The smallest absolute Gasteiger partial charge is 0.353 e. The standard InChI is InChI=1S/C21H24N2O8S/c1-11(24)30-21(19(29)31-20(2,3)4)9-23-16(26)14(17(23)32-10-21)22-15(25)12-7-5-6-8-13(12)18(27)28/h5-8,14,17H,9-10H2,1-4H3,(H,22,25)(H,27,28)/t14?,17-,21?/m1/s1. The fourth-order valence-corrected chi connectivity index (χ4v) is 4.95. The van der Waals surface area contributed by atoms with Gasteiger partial charge in [0.25, 0.3) is 5.91 Å². The molecule has 10 nitrogen and oxygen atoms in total. The Morgan fingerprint density at radius 2 is 1.81 bits per heavy atom. The third-order valence-corrected chi connectivity index (χ3v) is 6.35. The Kier molecular flexibility index (Phi) is 6.23. The average molecular weight is 464 g/mol. The minimum absolute atomic E-state index is 0.0357. The van der Waals surface area contributed by atoms with E-state index < -0.39 is 52.3 Å². The van der Waals surface area contributed by atoms with E-state index in [0.717, 1.165) is 0 Å². The van der Waals surface area contributed by atoms with Gasteiger partial charge in [0, 0.05) is 12.7 Å². The predicted molar refractivity (Wildman–Crippen MR) is 113 cm³/mol. The van der Waals surface area contributed by atoms with Gasteiger partial charge in [-0.2, -0.15) is 0 Å². The molecular formula is C21H24N2O8S. The first kappa shape index (κ1) is 23.6. The van der Waals surface area contributed by atoms with Gasteiger partial charge in [-0.25, -0.2) is 9.59 Å². The topological polar surface area (TPSA) is 139 Å². The second kappa shape index (κ2) is 8.45. The summed E-state index contributed by atoms with van der Waals surface area (Å²) in [6, 6.07) is 4.79. The van der Waals surface area contributed by atoms with Crippen molar-refractivity contribution in [2.75, 3.05) is 12.3 Å². The largest absolute Gasteiger partial charge is 0.478 e. The number of hydrogen-bond donors (Lipinski definition) is 2. The van der Waals surface area contributed by atoms with Gasteiger partial charge in [0.2, 0.25) is 11.5 Å². The van der Waals surface area contributed by atoms with Crippen LogP contribution >= 0.6 is 11.8 Å². The molecule has 0 saturated carbocycles. The molecule has 2 aliphatic heterocycles. The molecule has 2 fully saturated rings. The molecule has 2 N–H and O–H groups in total. The number of esters is 2. The summed E-state index contributed by atoms with van der Waals surface area (Å²) >= 11 is 1.17. The molecule has 2 saturated heterocycles. The monoisotopic (exact) mass is 464 g/mol. The van der Waals surface area contributed by atoms with E-state index in [1.807, 2.05) is 0 Å². The zero-order valence-corrected chi connectivity index (χ0v) is 18.9. The van der Waals surface area contributed by atoms with Crippen molar-refractivity contribution >= 4 is 41.5 Å². The number of thioether (sulfide) groups is 1. The number of aromatic carboxylic acids is 1. The summed E-state index contributed by atoms with van der Waals surface area (Å²) in [5, 5.41) is 11.4. The molecule has 32 heavy (non-hydrogen) atoms. The average Bonchev–Trinajstić information content (AvgIpc) is 2.70. The number of carboxylic acid groups (broad SMARTS) is 1. The van der Waals surface area contributed by atoms with Crippen molar-refractivity contribution < 1.29 is 38.6 Å². The van der Waals surface area contributed by atoms with Crippen LogP contribution < -0.4 is 5.32 Å². The summed E-state index contributed by atoms with van der Waals surface area (Å²) in [4.78, 5) is 62.6. The van der Waals surface area contributed by atoms with Crippen LogP contribution in [0.4, 0.5) is 0 Å². The number of carboxylic acids is 1. The first-order valence-corrected chi connectivity index (χ1v) is 10.9. The fraction of sp³-hybridized carbons (Fsp3) is 0.476. The van der Waals surface area contributed by atoms with Crippen LogP contribution in [0, 0.1) is 0 Å². The molecule has 2 amide bonds. The van der Waals surface area contributed by atoms with Crippen molar-refractivity contribution in [1.29, 1.82) is 0 Å². The number of rotatable bonds is 5. The Morgan fingerprint density at radius 3 is 2.38 bits per heavy atom. The highest BCUT2D eigenvalue weighted by molar-refractivity contribution is 8.00. The summed E-state index contributed by atoms with van der Waals surface area (Å²) in [6.45, 7) is 6.02. The van der Waals surface area contributed by atoms with Gasteiger partial charge in [-0.15, -0.1) is 11.8 Å². The maximum atomic E-state index is 12.8. The highest BCUT2D eigenvalue weighted by Crippen LogP contribution is 2.41. The van der Waals surface area contributed by atoms with Crippen molar-refractivity contribution in [2.45, 2.75) is 50.3 Å². The number of carbonyl (C=O) groups excluding carboxylic acids is 4. The Labute approximate surface area is 188 Å². The Balaban J connectivity index is 1.75. The summed E-state index contributed by atoms with van der Waals surface area (Å²) < 4.78 is 10.8. The van der Waals surface area contributed by atoms with Crippen LogP contribution in [0.2, 0.25) is 0 Å². The van der Waals surface area contributed by atoms with Crippen LogP contribution in [0.25, 0.3) is 0 Å². The summed E-state index contributed by atoms with van der Waals surface area (Å²) in [6.07, 6.45) is 0. The van der Waals surface area contributed by atoms with Gasteiger partial charge in [-0.05, 0) is 32.9 Å². The lowest BCUT2D eigenvalue weighted by atomic mass is 9.98. The van der Waals surface area contributed by atoms with Gasteiger partial charge in [0.15, 0.2) is 0 Å². The number of ether oxygens (including phenoxy) is 2.